The molecule has 0 aromatic rings. The van der Waals surface area contributed by atoms with Gasteiger partial charge in [0.15, 0.2) is 12.2 Å². The van der Waals surface area contributed by atoms with Crippen LogP contribution in [0.4, 0.5) is 0 Å². The molecule has 0 aliphatic carbocycles. The third-order valence-corrected chi connectivity index (χ3v) is 19.2. The molecule has 0 bridgehead atoms. The normalized spacial score (nSPS) is 14.5. The molecule has 0 saturated carbocycles. The number of aliphatic hydroxyl groups is 1. The molecule has 0 aromatic heterocycles. The minimum Gasteiger partial charge on any atom is -0.462 e. The van der Waals surface area contributed by atoms with Gasteiger partial charge in [0.05, 0.1) is 26.4 Å². The van der Waals surface area contributed by atoms with Gasteiger partial charge in [0.1, 0.15) is 19.3 Å². The molecule has 0 rings (SSSR count). The number of carbonyl (C=O) groups excluding carboxylic acids is 4. The minimum atomic E-state index is -5.00. The largest absolute Gasteiger partial charge is 0.472 e. The van der Waals surface area contributed by atoms with Crippen LogP contribution in [0.3, 0.4) is 0 Å². The van der Waals surface area contributed by atoms with Gasteiger partial charge in [-0.15, -0.1) is 0 Å². The van der Waals surface area contributed by atoms with Gasteiger partial charge in [-0.25, -0.2) is 9.13 Å². The average Bonchev–Trinajstić information content (AvgIpc) is 0.907. The smallest absolute Gasteiger partial charge is 0.462 e. The van der Waals surface area contributed by atoms with Crippen LogP contribution in [0.25, 0.3) is 0 Å². The molecule has 0 aliphatic heterocycles. The predicted octanol–water partition coefficient (Wildman–Crippen LogP) is 25.0. The van der Waals surface area contributed by atoms with Crippen molar-refractivity contribution in [2.24, 2.45) is 0 Å². The number of carbonyl (C=O) groups is 4. The van der Waals surface area contributed by atoms with Gasteiger partial charge in [0.25, 0.3) is 0 Å². The van der Waals surface area contributed by atoms with E-state index in [2.05, 4.69) is 174 Å². The van der Waals surface area contributed by atoms with Gasteiger partial charge < -0.3 is 33.8 Å². The molecule has 108 heavy (non-hydrogen) atoms. The second kappa shape index (κ2) is 80.0. The van der Waals surface area contributed by atoms with E-state index in [4.69, 9.17) is 37.0 Å². The lowest BCUT2D eigenvalue weighted by Crippen LogP contribution is -2.30. The first-order valence-electron chi connectivity index (χ1n) is 42.1. The molecule has 0 spiro atoms. The van der Waals surface area contributed by atoms with E-state index in [0.717, 1.165) is 180 Å². The lowest BCUT2D eigenvalue weighted by molar-refractivity contribution is -0.161. The number of ether oxygens (including phenoxy) is 4. The summed E-state index contributed by atoms with van der Waals surface area (Å²) in [4.78, 5) is 73.2. The average molecular weight is 1550 g/mol. The van der Waals surface area contributed by atoms with Crippen LogP contribution >= 0.6 is 15.6 Å². The van der Waals surface area contributed by atoms with E-state index in [-0.39, 0.29) is 25.7 Å². The van der Waals surface area contributed by atoms with Crippen molar-refractivity contribution in [1.29, 1.82) is 0 Å². The van der Waals surface area contributed by atoms with Gasteiger partial charge in [0.2, 0.25) is 0 Å². The van der Waals surface area contributed by atoms with E-state index in [1.54, 1.807) is 0 Å². The Hall–Kier alpha value is -5.06. The highest BCUT2D eigenvalue weighted by atomic mass is 31.2. The Morgan fingerprint density at radius 3 is 0.759 bits per heavy atom. The molecule has 17 nitrogen and oxygen atoms in total. The summed E-state index contributed by atoms with van der Waals surface area (Å²) in [5.74, 6) is -2.26. The molecule has 19 heteroatoms. The molecular weight excluding hydrogens is 1400 g/mol. The highest BCUT2D eigenvalue weighted by Gasteiger charge is 2.30. The van der Waals surface area contributed by atoms with Gasteiger partial charge in [-0.05, 0) is 167 Å². The third kappa shape index (κ3) is 79.0. The second-order valence-electron chi connectivity index (χ2n) is 27.6. The van der Waals surface area contributed by atoms with Gasteiger partial charge in [0, 0.05) is 25.7 Å². The summed E-state index contributed by atoms with van der Waals surface area (Å²) in [5.41, 5.74) is 0. The summed E-state index contributed by atoms with van der Waals surface area (Å²) in [6.07, 6.45) is 92.4. The monoisotopic (exact) mass is 1550 g/mol. The van der Waals surface area contributed by atoms with E-state index < -0.39 is 97.5 Å². The zero-order valence-corrected chi connectivity index (χ0v) is 69.5. The Labute approximate surface area is 656 Å². The highest BCUT2D eigenvalue weighted by Crippen LogP contribution is 2.45. The third-order valence-electron chi connectivity index (χ3n) is 17.3. The fourth-order valence-electron chi connectivity index (χ4n) is 10.9. The quantitative estimate of drug-likeness (QED) is 0.0169. The molecule has 0 radical (unpaired) electrons. The number of hydrogen-bond acceptors (Lipinski definition) is 15. The Morgan fingerprint density at radius 1 is 0.269 bits per heavy atom. The topological polar surface area (TPSA) is 237 Å². The van der Waals surface area contributed by atoms with Gasteiger partial charge in [-0.1, -0.05) is 289 Å². The SMILES string of the molecule is CC/C=C\C/C=C\C/C=C\C/C=C\C/C=C\CCCCCC(=O)O[C@H](COC(=O)CCCCCCC/C=C\CCCCCCCC)COP(=O)(O)OCC(O)COP(=O)(O)OC[C@@H](COC(=O)CCCCCCC/C=C\CCCCCCCC)OC(=O)CCCCC/C=C\C/C=C\C/C=C\C/C=C\C/C=C\CC. The predicted molar refractivity (Wildman–Crippen MR) is 445 cm³/mol. The number of unbranched alkanes of at least 4 members (excludes halogenated alkanes) is 28. The van der Waals surface area contributed by atoms with E-state index in [9.17, 15) is 43.2 Å². The number of phosphoric acid groups is 2. The van der Waals surface area contributed by atoms with Crippen molar-refractivity contribution in [2.75, 3.05) is 39.6 Å². The number of esters is 4. The maximum atomic E-state index is 13.1. The van der Waals surface area contributed by atoms with Crippen molar-refractivity contribution in [3.63, 3.8) is 0 Å². The molecule has 0 amide bonds. The number of rotatable bonds is 78. The minimum absolute atomic E-state index is 0.0500. The fourth-order valence-corrected chi connectivity index (χ4v) is 12.5. The zero-order valence-electron chi connectivity index (χ0n) is 67.7. The van der Waals surface area contributed by atoms with Crippen LogP contribution in [-0.2, 0) is 65.4 Å². The van der Waals surface area contributed by atoms with Crippen molar-refractivity contribution >= 4 is 39.5 Å². The highest BCUT2D eigenvalue weighted by molar-refractivity contribution is 7.47. The summed E-state index contributed by atoms with van der Waals surface area (Å²) in [6.45, 7) is 4.57. The van der Waals surface area contributed by atoms with Crippen molar-refractivity contribution in [2.45, 2.75) is 354 Å². The summed E-state index contributed by atoms with van der Waals surface area (Å²) in [6, 6.07) is 0. The van der Waals surface area contributed by atoms with Crippen LogP contribution in [0.5, 0.6) is 0 Å². The summed E-state index contributed by atoms with van der Waals surface area (Å²) >= 11 is 0. The van der Waals surface area contributed by atoms with Gasteiger partial charge in [-0.3, -0.25) is 37.3 Å². The molecular formula is C89H150O17P2. The van der Waals surface area contributed by atoms with Crippen LogP contribution in [0.15, 0.2) is 146 Å². The van der Waals surface area contributed by atoms with Crippen LogP contribution < -0.4 is 0 Å². The second-order valence-corrected chi connectivity index (χ2v) is 30.6. The van der Waals surface area contributed by atoms with E-state index >= 15 is 0 Å². The number of aliphatic hydroxyl groups excluding tert-OH is 1. The molecule has 0 aromatic carbocycles. The lowest BCUT2D eigenvalue weighted by atomic mass is 10.1. The summed E-state index contributed by atoms with van der Waals surface area (Å²) < 4.78 is 68.7. The molecule has 2 unspecified atom stereocenters. The van der Waals surface area contributed by atoms with Crippen LogP contribution in [-0.4, -0.2) is 96.7 Å². The van der Waals surface area contributed by atoms with Crippen molar-refractivity contribution in [3.05, 3.63) is 146 Å². The van der Waals surface area contributed by atoms with Crippen molar-refractivity contribution in [1.82, 2.24) is 0 Å². The molecule has 0 saturated heterocycles. The van der Waals surface area contributed by atoms with Crippen LogP contribution in [0.2, 0.25) is 0 Å². The van der Waals surface area contributed by atoms with Gasteiger partial charge >= 0.3 is 39.5 Å². The standard InChI is InChI=1S/C89H150O17P2/c1-5-9-13-17-21-25-29-33-37-39-41-43-47-51-55-59-63-67-71-75-88(93)105-84(79-99-86(91)73-69-65-61-57-53-49-45-35-31-27-23-19-15-11-7-3)81-103-107(95,96)101-77-83(90)78-102-108(97,98)104-82-85(80-100-87(92)74-70-66-62-58-54-50-46-36-32-28-24-20-16-12-8-4)106-89(94)76-72-68-64-60-56-52-48-44-42-40-38-34-30-26-22-18-14-10-6-2/h9-10,13-14,21-22,25-26,33-38,41-46,51-52,55-56,83-85,90H,5-8,11-12,15-20,23-24,27-32,39-40,47-50,53-54,57-82H2,1-4H3,(H,95,96)(H,97,98)/b13-9-,14-10-,25-21-,26-22-,37-33-,38-34-,43-41-,44-42-,45-35-,46-36-,55-51-,56-52-/t84-,85-/m1/s1. The summed E-state index contributed by atoms with van der Waals surface area (Å²) in [5, 5.41) is 10.7. The number of allylic oxidation sites excluding steroid dienone is 24. The number of hydrogen-bond donors (Lipinski definition) is 3. The maximum Gasteiger partial charge on any atom is 0.472 e. The zero-order chi connectivity index (χ0) is 78.9. The molecule has 0 aliphatic rings. The van der Waals surface area contributed by atoms with E-state index in [0.29, 0.717) is 25.7 Å². The first-order chi connectivity index (χ1) is 52.7. The molecule has 3 N–H and O–H groups in total. The van der Waals surface area contributed by atoms with Crippen molar-refractivity contribution in [3.8, 4) is 0 Å². The van der Waals surface area contributed by atoms with E-state index in [1.807, 2.05) is 0 Å². The first kappa shape index (κ1) is 103. The lowest BCUT2D eigenvalue weighted by Gasteiger charge is -2.21. The molecule has 618 valence electrons. The first-order valence-corrected chi connectivity index (χ1v) is 45.1. The Morgan fingerprint density at radius 2 is 0.481 bits per heavy atom. The maximum absolute atomic E-state index is 13.1. The van der Waals surface area contributed by atoms with Crippen LogP contribution in [0, 0.1) is 0 Å². The number of phosphoric ester groups is 2. The Balaban J connectivity index is 5.46. The molecule has 0 fully saturated rings. The van der Waals surface area contributed by atoms with Crippen LogP contribution in [0.1, 0.15) is 336 Å². The van der Waals surface area contributed by atoms with E-state index in [1.165, 1.54) is 77.0 Å². The molecule has 4 atom stereocenters. The van der Waals surface area contributed by atoms with Gasteiger partial charge in [-0.2, -0.15) is 0 Å². The molecule has 0 heterocycles. The Kier molecular flexibility index (Phi) is 76.3. The summed E-state index contributed by atoms with van der Waals surface area (Å²) in [7, 11) is -10.00. The fraction of sp³-hybridized carbons (Fsp3) is 0.685. The Bertz CT molecular complexity index is 2440. The van der Waals surface area contributed by atoms with Crippen molar-refractivity contribution < 1.29 is 80.2 Å².